The summed E-state index contributed by atoms with van der Waals surface area (Å²) >= 11 is 0. The molecule has 86 valence electrons. The number of esters is 1. The van der Waals surface area contributed by atoms with Crippen LogP contribution in [0.5, 0.6) is 0 Å². The molecule has 4 nitrogen and oxygen atoms in total. The first kappa shape index (κ1) is 12.0. The van der Waals surface area contributed by atoms with Crippen LogP contribution in [0, 0.1) is 5.92 Å². The smallest absolute Gasteiger partial charge is 0.306 e. The van der Waals surface area contributed by atoms with Gasteiger partial charge >= 0.3 is 5.97 Å². The van der Waals surface area contributed by atoms with Crippen molar-refractivity contribution in [2.24, 2.45) is 5.92 Å². The van der Waals surface area contributed by atoms with Crippen molar-refractivity contribution in [1.29, 1.82) is 0 Å². The zero-order valence-electron chi connectivity index (χ0n) is 9.66. The maximum atomic E-state index is 11.5. The Labute approximate surface area is 90.6 Å². The summed E-state index contributed by atoms with van der Waals surface area (Å²) in [5, 5.41) is 0. The van der Waals surface area contributed by atoms with Gasteiger partial charge in [0.2, 0.25) is 6.41 Å². The van der Waals surface area contributed by atoms with Gasteiger partial charge in [0.15, 0.2) is 0 Å². The van der Waals surface area contributed by atoms with E-state index in [9.17, 15) is 9.59 Å². The van der Waals surface area contributed by atoms with Crippen molar-refractivity contribution in [3.63, 3.8) is 0 Å². The molecule has 1 fully saturated rings. The van der Waals surface area contributed by atoms with Gasteiger partial charge in [-0.25, -0.2) is 0 Å². The largest absolute Gasteiger partial charge is 0.460 e. The lowest BCUT2D eigenvalue weighted by Gasteiger charge is -2.20. The maximum Gasteiger partial charge on any atom is 0.306 e. The van der Waals surface area contributed by atoms with Crippen molar-refractivity contribution in [2.45, 2.75) is 39.2 Å². The van der Waals surface area contributed by atoms with Gasteiger partial charge in [-0.15, -0.1) is 0 Å². The SMILES string of the molecule is CC(C)(C)OC(=O)CC1CCN(C=O)C1. The Hall–Kier alpha value is -1.06. The van der Waals surface area contributed by atoms with Crippen molar-refractivity contribution >= 4 is 12.4 Å². The first-order valence-electron chi connectivity index (χ1n) is 5.32. The second kappa shape index (κ2) is 4.64. The fourth-order valence-corrected chi connectivity index (χ4v) is 1.74. The molecule has 0 spiro atoms. The number of carbonyl (C=O) groups excluding carboxylic acids is 2. The number of nitrogens with zero attached hydrogens (tertiary/aromatic N) is 1. The lowest BCUT2D eigenvalue weighted by atomic mass is 10.1. The van der Waals surface area contributed by atoms with Crippen molar-refractivity contribution in [1.82, 2.24) is 4.90 Å². The molecule has 1 aliphatic heterocycles. The summed E-state index contributed by atoms with van der Waals surface area (Å²) in [5.41, 5.74) is -0.417. The molecule has 1 amide bonds. The van der Waals surface area contributed by atoms with Crippen LogP contribution >= 0.6 is 0 Å². The molecule has 0 N–H and O–H groups in total. The predicted octanol–water partition coefficient (Wildman–Crippen LogP) is 1.20. The molecule has 1 heterocycles. The second-order valence-corrected chi connectivity index (χ2v) is 5.05. The van der Waals surface area contributed by atoms with Crippen LogP contribution in [0.1, 0.15) is 33.6 Å². The van der Waals surface area contributed by atoms with Gasteiger partial charge in [-0.1, -0.05) is 0 Å². The number of hydrogen-bond donors (Lipinski definition) is 0. The minimum absolute atomic E-state index is 0.166. The molecule has 4 heteroatoms. The Morgan fingerprint density at radius 3 is 2.67 bits per heavy atom. The molecule has 1 aliphatic rings. The predicted molar refractivity (Wildman–Crippen MR) is 56.2 cm³/mol. The number of rotatable bonds is 3. The average molecular weight is 213 g/mol. The van der Waals surface area contributed by atoms with Gasteiger partial charge in [-0.2, -0.15) is 0 Å². The minimum Gasteiger partial charge on any atom is -0.460 e. The normalized spacial score (nSPS) is 21.5. The molecule has 0 aromatic heterocycles. The van der Waals surface area contributed by atoms with Crippen LogP contribution in [0.15, 0.2) is 0 Å². The molecule has 0 aromatic carbocycles. The highest BCUT2D eigenvalue weighted by Gasteiger charge is 2.26. The molecule has 0 aromatic rings. The van der Waals surface area contributed by atoms with Crippen LogP contribution in [0.25, 0.3) is 0 Å². The topological polar surface area (TPSA) is 46.6 Å². The number of likely N-dealkylation sites (tertiary alicyclic amines) is 1. The van der Waals surface area contributed by atoms with E-state index in [0.29, 0.717) is 13.0 Å². The van der Waals surface area contributed by atoms with Gasteiger partial charge < -0.3 is 9.64 Å². The molecule has 15 heavy (non-hydrogen) atoms. The van der Waals surface area contributed by atoms with E-state index in [2.05, 4.69) is 0 Å². The van der Waals surface area contributed by atoms with E-state index < -0.39 is 5.60 Å². The van der Waals surface area contributed by atoms with E-state index in [-0.39, 0.29) is 11.9 Å². The molecule has 1 rings (SSSR count). The van der Waals surface area contributed by atoms with Gasteiger partial charge in [0.05, 0.1) is 6.42 Å². The number of hydrogen-bond acceptors (Lipinski definition) is 3. The zero-order valence-corrected chi connectivity index (χ0v) is 9.66. The molecular formula is C11H19NO3. The second-order valence-electron chi connectivity index (χ2n) is 5.05. The quantitative estimate of drug-likeness (QED) is 0.522. The molecule has 1 atom stereocenters. The maximum absolute atomic E-state index is 11.5. The summed E-state index contributed by atoms with van der Waals surface area (Å²) in [6.07, 6.45) is 2.16. The highest BCUT2D eigenvalue weighted by molar-refractivity contribution is 5.70. The summed E-state index contributed by atoms with van der Waals surface area (Å²) in [6, 6.07) is 0. The first-order valence-corrected chi connectivity index (χ1v) is 5.32. The third-order valence-corrected chi connectivity index (χ3v) is 2.34. The van der Waals surface area contributed by atoms with Crippen LogP contribution in [-0.4, -0.2) is 36.0 Å². The van der Waals surface area contributed by atoms with Gasteiger partial charge in [0, 0.05) is 13.1 Å². The van der Waals surface area contributed by atoms with Crippen LogP contribution in [0.3, 0.4) is 0 Å². The van der Waals surface area contributed by atoms with Crippen molar-refractivity contribution in [3.05, 3.63) is 0 Å². The summed E-state index contributed by atoms with van der Waals surface area (Å²) < 4.78 is 5.22. The molecule has 0 radical (unpaired) electrons. The van der Waals surface area contributed by atoms with Gasteiger partial charge in [0.25, 0.3) is 0 Å². The minimum atomic E-state index is -0.417. The Kier molecular flexibility index (Phi) is 3.72. The van der Waals surface area contributed by atoms with Crippen LogP contribution < -0.4 is 0 Å². The number of amides is 1. The van der Waals surface area contributed by atoms with E-state index in [4.69, 9.17) is 4.74 Å². The summed E-state index contributed by atoms with van der Waals surface area (Å²) in [6.45, 7) is 7.02. The summed E-state index contributed by atoms with van der Waals surface area (Å²) in [4.78, 5) is 23.7. The molecule has 1 saturated heterocycles. The first-order chi connectivity index (χ1) is 6.90. The molecule has 1 unspecified atom stereocenters. The molecule has 0 aliphatic carbocycles. The fraction of sp³-hybridized carbons (Fsp3) is 0.818. The zero-order chi connectivity index (χ0) is 11.5. The van der Waals surface area contributed by atoms with Crippen LogP contribution in [0.4, 0.5) is 0 Å². The van der Waals surface area contributed by atoms with Gasteiger partial charge in [0.1, 0.15) is 5.60 Å². The van der Waals surface area contributed by atoms with E-state index in [1.807, 2.05) is 20.8 Å². The Morgan fingerprint density at radius 1 is 1.53 bits per heavy atom. The third kappa shape index (κ3) is 4.32. The molecule has 0 bridgehead atoms. The van der Waals surface area contributed by atoms with Crippen LogP contribution in [0.2, 0.25) is 0 Å². The molecule has 0 saturated carbocycles. The average Bonchev–Trinajstić information content (AvgIpc) is 2.48. The lowest BCUT2D eigenvalue weighted by Crippen LogP contribution is -2.26. The highest BCUT2D eigenvalue weighted by Crippen LogP contribution is 2.20. The lowest BCUT2D eigenvalue weighted by molar-refractivity contribution is -0.155. The monoisotopic (exact) mass is 213 g/mol. The molecular weight excluding hydrogens is 194 g/mol. The standard InChI is InChI=1S/C11H19NO3/c1-11(2,3)15-10(14)6-9-4-5-12(7-9)8-13/h8-9H,4-7H2,1-3H3. The van der Waals surface area contributed by atoms with Crippen molar-refractivity contribution in [3.8, 4) is 0 Å². The van der Waals surface area contributed by atoms with Gasteiger partial charge in [-0.05, 0) is 33.1 Å². The van der Waals surface area contributed by atoms with E-state index in [0.717, 1.165) is 19.4 Å². The Bertz CT molecular complexity index is 245. The van der Waals surface area contributed by atoms with Gasteiger partial charge in [-0.3, -0.25) is 9.59 Å². The van der Waals surface area contributed by atoms with Crippen molar-refractivity contribution < 1.29 is 14.3 Å². The van der Waals surface area contributed by atoms with E-state index in [1.54, 1.807) is 4.90 Å². The Morgan fingerprint density at radius 2 is 2.20 bits per heavy atom. The van der Waals surface area contributed by atoms with E-state index in [1.165, 1.54) is 0 Å². The summed E-state index contributed by atoms with van der Waals surface area (Å²) in [7, 11) is 0. The Balaban J connectivity index is 2.31. The number of carbonyl (C=O) groups is 2. The fourth-order valence-electron chi connectivity index (χ4n) is 1.74. The van der Waals surface area contributed by atoms with E-state index >= 15 is 0 Å². The van der Waals surface area contributed by atoms with Crippen molar-refractivity contribution in [2.75, 3.05) is 13.1 Å². The third-order valence-electron chi connectivity index (χ3n) is 2.34. The summed E-state index contributed by atoms with van der Waals surface area (Å²) in [5.74, 6) is 0.102. The number of ether oxygens (including phenoxy) is 1. The van der Waals surface area contributed by atoms with Crippen LogP contribution in [-0.2, 0) is 14.3 Å². The highest BCUT2D eigenvalue weighted by atomic mass is 16.6.